The van der Waals surface area contributed by atoms with E-state index in [2.05, 4.69) is 5.32 Å². The van der Waals surface area contributed by atoms with Crippen LogP contribution in [0.2, 0.25) is 0 Å². The second-order valence-corrected chi connectivity index (χ2v) is 5.58. The number of benzene rings is 1. The van der Waals surface area contributed by atoms with Crippen LogP contribution in [0.4, 0.5) is 8.78 Å². The maximum Gasteiger partial charge on any atom is 0.257 e. The summed E-state index contributed by atoms with van der Waals surface area (Å²) in [4.78, 5) is 24.7. The molecule has 1 aromatic carbocycles. The first-order chi connectivity index (χ1) is 9.10. The molecule has 1 aromatic rings. The van der Waals surface area contributed by atoms with Crippen molar-refractivity contribution in [1.29, 1.82) is 0 Å². The van der Waals surface area contributed by atoms with Gasteiger partial charge < -0.3 is 10.2 Å². The highest BCUT2D eigenvalue weighted by Gasteiger charge is 2.20. The minimum atomic E-state index is -0.946. The molecule has 0 saturated carbocycles. The first-order valence-corrected chi connectivity index (χ1v) is 6.11. The highest BCUT2D eigenvalue weighted by Crippen LogP contribution is 2.11. The number of nitrogens with zero attached hydrogens (tertiary/aromatic N) is 1. The van der Waals surface area contributed by atoms with Gasteiger partial charge >= 0.3 is 0 Å². The van der Waals surface area contributed by atoms with Crippen molar-refractivity contribution in [3.63, 3.8) is 0 Å². The number of halogens is 2. The van der Waals surface area contributed by atoms with Crippen LogP contribution < -0.4 is 5.32 Å². The minimum absolute atomic E-state index is 0.201. The number of hydrogen-bond acceptors (Lipinski definition) is 2. The van der Waals surface area contributed by atoms with Crippen LogP contribution in [0.15, 0.2) is 18.2 Å². The van der Waals surface area contributed by atoms with Crippen LogP contribution >= 0.6 is 0 Å². The lowest BCUT2D eigenvalue weighted by atomic mass is 10.1. The van der Waals surface area contributed by atoms with Crippen molar-refractivity contribution in [3.8, 4) is 0 Å². The zero-order valence-corrected chi connectivity index (χ0v) is 12.0. The summed E-state index contributed by atoms with van der Waals surface area (Å²) in [5.41, 5.74) is -0.681. The summed E-state index contributed by atoms with van der Waals surface area (Å²) in [6.45, 7) is 5.23. The fraction of sp³-hybridized carbons (Fsp3) is 0.429. The average molecular weight is 284 g/mol. The molecule has 0 aliphatic heterocycles. The van der Waals surface area contributed by atoms with E-state index in [1.807, 2.05) is 20.8 Å². The second kappa shape index (κ2) is 5.98. The van der Waals surface area contributed by atoms with Gasteiger partial charge in [-0.1, -0.05) is 0 Å². The van der Waals surface area contributed by atoms with Crippen LogP contribution in [0.5, 0.6) is 0 Å². The quantitative estimate of drug-likeness (QED) is 0.922. The SMILES string of the molecule is CN(CC(=O)NC(C)(C)C)C(=O)c1ccc(F)cc1F. The molecule has 0 saturated heterocycles. The summed E-state index contributed by atoms with van der Waals surface area (Å²) in [7, 11) is 1.38. The summed E-state index contributed by atoms with van der Waals surface area (Å²) in [6.07, 6.45) is 0. The number of amides is 2. The monoisotopic (exact) mass is 284 g/mol. The Morgan fingerprint density at radius 1 is 1.25 bits per heavy atom. The largest absolute Gasteiger partial charge is 0.350 e. The molecular formula is C14H18F2N2O2. The third kappa shape index (κ3) is 4.60. The van der Waals surface area contributed by atoms with E-state index in [0.717, 1.165) is 17.0 Å². The van der Waals surface area contributed by atoms with Gasteiger partial charge in [0.25, 0.3) is 5.91 Å². The molecular weight excluding hydrogens is 266 g/mol. The van der Waals surface area contributed by atoms with E-state index in [4.69, 9.17) is 0 Å². The molecule has 2 amide bonds. The van der Waals surface area contributed by atoms with Crippen LogP contribution in [0.25, 0.3) is 0 Å². The molecule has 0 unspecified atom stereocenters. The summed E-state index contributed by atoms with van der Waals surface area (Å²) in [5.74, 6) is -2.73. The Hall–Kier alpha value is -1.98. The summed E-state index contributed by atoms with van der Waals surface area (Å²) >= 11 is 0. The van der Waals surface area contributed by atoms with Gasteiger partial charge in [0.1, 0.15) is 11.6 Å². The van der Waals surface area contributed by atoms with E-state index in [-0.39, 0.29) is 18.0 Å². The Morgan fingerprint density at radius 3 is 2.35 bits per heavy atom. The molecule has 4 nitrogen and oxygen atoms in total. The molecule has 110 valence electrons. The van der Waals surface area contributed by atoms with Gasteiger partial charge in [-0.25, -0.2) is 8.78 Å². The number of carbonyl (C=O) groups excluding carboxylic acids is 2. The van der Waals surface area contributed by atoms with Gasteiger partial charge in [-0.15, -0.1) is 0 Å². The van der Waals surface area contributed by atoms with E-state index in [1.54, 1.807) is 0 Å². The second-order valence-electron chi connectivity index (χ2n) is 5.58. The van der Waals surface area contributed by atoms with E-state index in [1.165, 1.54) is 7.05 Å². The predicted octanol–water partition coefficient (Wildman–Crippen LogP) is 1.95. The Labute approximate surface area is 116 Å². The minimum Gasteiger partial charge on any atom is -0.350 e. The molecule has 0 radical (unpaired) electrons. The van der Waals surface area contributed by atoms with E-state index >= 15 is 0 Å². The van der Waals surface area contributed by atoms with Crippen LogP contribution in [0, 0.1) is 11.6 Å². The highest BCUT2D eigenvalue weighted by molar-refractivity contribution is 5.96. The molecule has 20 heavy (non-hydrogen) atoms. The number of carbonyl (C=O) groups is 2. The molecule has 0 bridgehead atoms. The average Bonchev–Trinajstić information content (AvgIpc) is 2.25. The van der Waals surface area contributed by atoms with Gasteiger partial charge in [-0.05, 0) is 32.9 Å². The van der Waals surface area contributed by atoms with Crippen LogP contribution in [-0.2, 0) is 4.79 Å². The Balaban J connectivity index is 2.75. The molecule has 1 rings (SSSR count). The number of rotatable bonds is 3. The molecule has 6 heteroatoms. The lowest BCUT2D eigenvalue weighted by Gasteiger charge is -2.23. The molecule has 0 atom stereocenters. The Bertz CT molecular complexity index is 524. The predicted molar refractivity (Wildman–Crippen MR) is 71.2 cm³/mol. The molecule has 0 spiro atoms. The Morgan fingerprint density at radius 2 is 1.85 bits per heavy atom. The van der Waals surface area contributed by atoms with E-state index in [9.17, 15) is 18.4 Å². The lowest BCUT2D eigenvalue weighted by Crippen LogP contribution is -2.46. The summed E-state index contributed by atoms with van der Waals surface area (Å²) in [6, 6.07) is 2.70. The maximum atomic E-state index is 13.5. The standard InChI is InChI=1S/C14H18F2N2O2/c1-14(2,3)17-12(19)8-18(4)13(20)10-6-5-9(15)7-11(10)16/h5-7H,8H2,1-4H3,(H,17,19). The van der Waals surface area contributed by atoms with E-state index in [0.29, 0.717) is 6.07 Å². The van der Waals surface area contributed by atoms with Gasteiger partial charge in [-0.3, -0.25) is 9.59 Å². The lowest BCUT2D eigenvalue weighted by molar-refractivity contribution is -0.122. The van der Waals surface area contributed by atoms with Crippen molar-refractivity contribution in [3.05, 3.63) is 35.4 Å². The summed E-state index contributed by atoms with van der Waals surface area (Å²) in [5, 5.41) is 2.69. The topological polar surface area (TPSA) is 49.4 Å². The van der Waals surface area contributed by atoms with Gasteiger partial charge in [-0.2, -0.15) is 0 Å². The van der Waals surface area contributed by atoms with Gasteiger partial charge in [0.2, 0.25) is 5.91 Å². The number of likely N-dealkylation sites (N-methyl/N-ethyl adjacent to an activating group) is 1. The first-order valence-electron chi connectivity index (χ1n) is 6.11. The van der Waals surface area contributed by atoms with Crippen molar-refractivity contribution in [2.24, 2.45) is 0 Å². The van der Waals surface area contributed by atoms with Gasteiger partial charge in [0.05, 0.1) is 12.1 Å². The van der Waals surface area contributed by atoms with Crippen molar-refractivity contribution < 1.29 is 18.4 Å². The third-order valence-corrected chi connectivity index (χ3v) is 2.40. The molecule has 0 aliphatic rings. The molecule has 0 aliphatic carbocycles. The zero-order valence-electron chi connectivity index (χ0n) is 12.0. The van der Waals surface area contributed by atoms with Crippen LogP contribution in [0.1, 0.15) is 31.1 Å². The van der Waals surface area contributed by atoms with Crippen molar-refractivity contribution >= 4 is 11.8 Å². The van der Waals surface area contributed by atoms with Crippen LogP contribution in [0.3, 0.4) is 0 Å². The van der Waals surface area contributed by atoms with Gasteiger partial charge in [0, 0.05) is 18.7 Å². The molecule has 0 heterocycles. The fourth-order valence-corrected chi connectivity index (χ4v) is 1.61. The first kappa shape index (κ1) is 16.1. The Kier molecular flexibility index (Phi) is 4.81. The molecule has 0 fully saturated rings. The van der Waals surface area contributed by atoms with E-state index < -0.39 is 23.1 Å². The summed E-state index contributed by atoms with van der Waals surface area (Å²) < 4.78 is 26.3. The normalized spacial score (nSPS) is 11.1. The maximum absolute atomic E-state index is 13.5. The highest BCUT2D eigenvalue weighted by atomic mass is 19.1. The van der Waals surface area contributed by atoms with Crippen molar-refractivity contribution in [1.82, 2.24) is 10.2 Å². The fourth-order valence-electron chi connectivity index (χ4n) is 1.61. The molecule has 0 aromatic heterocycles. The van der Waals surface area contributed by atoms with Crippen molar-refractivity contribution in [2.45, 2.75) is 26.3 Å². The van der Waals surface area contributed by atoms with Crippen molar-refractivity contribution in [2.75, 3.05) is 13.6 Å². The third-order valence-electron chi connectivity index (χ3n) is 2.40. The number of hydrogen-bond donors (Lipinski definition) is 1. The van der Waals surface area contributed by atoms with Crippen LogP contribution in [-0.4, -0.2) is 35.8 Å². The molecule has 1 N–H and O–H groups in total. The van der Waals surface area contributed by atoms with Gasteiger partial charge in [0.15, 0.2) is 0 Å². The zero-order chi connectivity index (χ0) is 15.5. The number of nitrogens with one attached hydrogen (secondary N) is 1. The smallest absolute Gasteiger partial charge is 0.257 e.